The summed E-state index contributed by atoms with van der Waals surface area (Å²) in [6, 6.07) is -0.472. The second-order valence-electron chi connectivity index (χ2n) is 4.67. The molecule has 1 aromatic heterocycles. The smallest absolute Gasteiger partial charge is 0.321 e. The molecule has 1 atom stereocenters. The Morgan fingerprint density at radius 2 is 2.00 bits per heavy atom. The van der Waals surface area contributed by atoms with Gasteiger partial charge in [0.05, 0.1) is 5.92 Å². The van der Waals surface area contributed by atoms with Crippen molar-refractivity contribution in [2.45, 2.75) is 27.2 Å². The molecule has 2 amide bonds. The monoisotopic (exact) mass is 286 g/mol. The molecule has 0 aliphatic rings. The normalized spacial score (nSPS) is 12.2. The van der Waals surface area contributed by atoms with Crippen molar-refractivity contribution in [2.75, 3.05) is 11.9 Å². The summed E-state index contributed by atoms with van der Waals surface area (Å²) in [5, 5.41) is 22.8. The lowest BCUT2D eigenvalue weighted by Gasteiger charge is -2.07. The van der Waals surface area contributed by atoms with Gasteiger partial charge in [0.25, 0.3) is 0 Å². The Balaban J connectivity index is 2.40. The Kier molecular flexibility index (Phi) is 5.68. The van der Waals surface area contributed by atoms with Crippen molar-refractivity contribution in [2.24, 2.45) is 11.8 Å². The van der Waals surface area contributed by atoms with Crippen LogP contribution in [0.1, 0.15) is 25.8 Å². The van der Waals surface area contributed by atoms with E-state index in [2.05, 4.69) is 34.7 Å². The van der Waals surface area contributed by atoms with Crippen LogP contribution in [0.15, 0.2) is 0 Å². The first-order valence-electron chi connectivity index (χ1n) is 5.98. The minimum absolute atomic E-state index is 0.0683. The van der Waals surface area contributed by atoms with Crippen LogP contribution in [0.5, 0.6) is 0 Å². The second kappa shape index (κ2) is 7.03. The van der Waals surface area contributed by atoms with Crippen LogP contribution in [0, 0.1) is 11.8 Å². The molecule has 1 unspecified atom stereocenters. The molecule has 1 rings (SSSR count). The zero-order chi connectivity index (χ0) is 14.4. The maximum absolute atomic E-state index is 11.5. The zero-order valence-corrected chi connectivity index (χ0v) is 12.0. The Morgan fingerprint density at radius 1 is 1.32 bits per heavy atom. The van der Waals surface area contributed by atoms with E-state index in [1.165, 1.54) is 18.3 Å². The molecule has 7 nitrogen and oxygen atoms in total. The van der Waals surface area contributed by atoms with Crippen LogP contribution >= 0.6 is 11.3 Å². The van der Waals surface area contributed by atoms with E-state index in [1.54, 1.807) is 0 Å². The minimum Gasteiger partial charge on any atom is -0.481 e. The molecule has 0 aliphatic heterocycles. The molecule has 1 aromatic rings. The largest absolute Gasteiger partial charge is 0.481 e. The van der Waals surface area contributed by atoms with Gasteiger partial charge in [-0.25, -0.2) is 4.79 Å². The van der Waals surface area contributed by atoms with E-state index >= 15 is 0 Å². The third kappa shape index (κ3) is 5.64. The van der Waals surface area contributed by atoms with Crippen LogP contribution in [0.3, 0.4) is 0 Å². The van der Waals surface area contributed by atoms with Crippen molar-refractivity contribution < 1.29 is 14.7 Å². The number of carbonyl (C=O) groups is 2. The van der Waals surface area contributed by atoms with Gasteiger partial charge in [-0.2, -0.15) is 0 Å². The number of amides is 2. The highest BCUT2D eigenvalue weighted by atomic mass is 32.1. The van der Waals surface area contributed by atoms with E-state index in [9.17, 15) is 9.59 Å². The summed E-state index contributed by atoms with van der Waals surface area (Å²) in [4.78, 5) is 22.1. The zero-order valence-electron chi connectivity index (χ0n) is 11.1. The fourth-order valence-corrected chi connectivity index (χ4v) is 2.16. The number of carboxylic acids is 1. The molecule has 0 fully saturated rings. The van der Waals surface area contributed by atoms with E-state index < -0.39 is 17.9 Å². The number of anilines is 1. The van der Waals surface area contributed by atoms with Gasteiger partial charge >= 0.3 is 12.0 Å². The van der Waals surface area contributed by atoms with Crippen molar-refractivity contribution in [1.82, 2.24) is 15.5 Å². The third-order valence-corrected chi connectivity index (χ3v) is 3.12. The SMILES string of the molecule is CC(C)Cc1nnc(NC(=O)NCC(C)C(=O)O)s1. The molecule has 0 aliphatic carbocycles. The summed E-state index contributed by atoms with van der Waals surface area (Å²) in [5.74, 6) is -1.10. The molecule has 1 heterocycles. The highest BCUT2D eigenvalue weighted by molar-refractivity contribution is 7.15. The molecule has 0 bridgehead atoms. The van der Waals surface area contributed by atoms with Crippen molar-refractivity contribution >= 4 is 28.5 Å². The van der Waals surface area contributed by atoms with Crippen molar-refractivity contribution in [3.63, 3.8) is 0 Å². The highest BCUT2D eigenvalue weighted by Crippen LogP contribution is 2.17. The van der Waals surface area contributed by atoms with Crippen molar-refractivity contribution in [3.8, 4) is 0 Å². The number of carboxylic acid groups (broad SMARTS) is 1. The average molecular weight is 286 g/mol. The Labute approximate surface area is 115 Å². The number of nitrogens with zero attached hydrogens (tertiary/aromatic N) is 2. The van der Waals surface area contributed by atoms with Crippen molar-refractivity contribution in [3.05, 3.63) is 5.01 Å². The number of rotatable bonds is 6. The maximum atomic E-state index is 11.5. The lowest BCUT2D eigenvalue weighted by atomic mass is 10.1. The van der Waals surface area contributed by atoms with Gasteiger partial charge in [0.2, 0.25) is 5.13 Å². The predicted octanol–water partition coefficient (Wildman–Crippen LogP) is 1.58. The quantitative estimate of drug-likeness (QED) is 0.736. The Morgan fingerprint density at radius 3 is 2.58 bits per heavy atom. The minimum atomic E-state index is -0.949. The van der Waals surface area contributed by atoms with Crippen LogP contribution in [-0.2, 0) is 11.2 Å². The van der Waals surface area contributed by atoms with Gasteiger partial charge in [-0.05, 0) is 5.92 Å². The molecule has 106 valence electrons. The highest BCUT2D eigenvalue weighted by Gasteiger charge is 2.13. The van der Waals surface area contributed by atoms with E-state index in [1.807, 2.05) is 0 Å². The summed E-state index contributed by atoms with van der Waals surface area (Å²) >= 11 is 1.32. The van der Waals surface area contributed by atoms with Gasteiger partial charge in [0, 0.05) is 13.0 Å². The first-order valence-corrected chi connectivity index (χ1v) is 6.80. The van der Waals surface area contributed by atoms with E-state index in [4.69, 9.17) is 5.11 Å². The van der Waals surface area contributed by atoms with E-state index in [0.29, 0.717) is 11.0 Å². The molecule has 0 aromatic carbocycles. The topological polar surface area (TPSA) is 104 Å². The molecular formula is C11H18N4O3S. The third-order valence-electron chi connectivity index (χ3n) is 2.26. The van der Waals surface area contributed by atoms with Crippen LogP contribution < -0.4 is 10.6 Å². The van der Waals surface area contributed by atoms with Gasteiger partial charge < -0.3 is 10.4 Å². The summed E-state index contributed by atoms with van der Waals surface area (Å²) in [7, 11) is 0. The molecule has 3 N–H and O–H groups in total. The second-order valence-corrected chi connectivity index (χ2v) is 5.74. The summed E-state index contributed by atoms with van der Waals surface area (Å²) in [6.45, 7) is 5.75. The fraction of sp³-hybridized carbons (Fsp3) is 0.636. The first-order chi connectivity index (χ1) is 8.88. The number of hydrogen-bond donors (Lipinski definition) is 3. The van der Waals surface area contributed by atoms with Gasteiger partial charge in [0.15, 0.2) is 0 Å². The molecule has 0 spiro atoms. The molecular weight excluding hydrogens is 268 g/mol. The number of carbonyl (C=O) groups excluding carboxylic acids is 1. The van der Waals surface area contributed by atoms with Crippen LogP contribution in [0.2, 0.25) is 0 Å². The lowest BCUT2D eigenvalue weighted by Crippen LogP contribution is -2.34. The number of aliphatic carboxylic acids is 1. The summed E-state index contributed by atoms with van der Waals surface area (Å²) in [5.41, 5.74) is 0. The summed E-state index contributed by atoms with van der Waals surface area (Å²) < 4.78 is 0. The van der Waals surface area contributed by atoms with Gasteiger partial charge in [-0.15, -0.1) is 10.2 Å². The van der Waals surface area contributed by atoms with Gasteiger partial charge in [0.1, 0.15) is 5.01 Å². The van der Waals surface area contributed by atoms with Crippen molar-refractivity contribution in [1.29, 1.82) is 0 Å². The van der Waals surface area contributed by atoms with Crippen LogP contribution in [0.25, 0.3) is 0 Å². The number of nitrogens with one attached hydrogen (secondary N) is 2. The number of urea groups is 1. The van der Waals surface area contributed by atoms with E-state index in [-0.39, 0.29) is 6.54 Å². The number of aromatic nitrogens is 2. The molecule has 0 radical (unpaired) electrons. The van der Waals surface area contributed by atoms with Gasteiger partial charge in [-0.1, -0.05) is 32.1 Å². The molecule has 8 heteroatoms. The first kappa shape index (κ1) is 15.4. The Bertz CT molecular complexity index is 447. The predicted molar refractivity (Wildman–Crippen MR) is 72.3 cm³/mol. The van der Waals surface area contributed by atoms with Crippen LogP contribution in [-0.4, -0.2) is 33.8 Å². The molecule has 0 saturated heterocycles. The maximum Gasteiger partial charge on any atom is 0.321 e. The van der Waals surface area contributed by atoms with Gasteiger partial charge in [-0.3, -0.25) is 10.1 Å². The number of hydrogen-bond acceptors (Lipinski definition) is 5. The molecule has 19 heavy (non-hydrogen) atoms. The van der Waals surface area contributed by atoms with E-state index in [0.717, 1.165) is 11.4 Å². The summed E-state index contributed by atoms with van der Waals surface area (Å²) in [6.07, 6.45) is 0.816. The molecule has 0 saturated carbocycles. The lowest BCUT2D eigenvalue weighted by molar-refractivity contribution is -0.140. The van der Waals surface area contributed by atoms with Crippen LogP contribution in [0.4, 0.5) is 9.93 Å². The fourth-order valence-electron chi connectivity index (χ4n) is 1.21. The standard InChI is InChI=1S/C11H18N4O3S/c1-6(2)4-8-14-15-11(19-8)13-10(18)12-5-7(3)9(16)17/h6-7H,4-5H2,1-3H3,(H,16,17)(H2,12,13,15,18). The average Bonchev–Trinajstić information content (AvgIpc) is 2.72. The Hall–Kier alpha value is -1.70.